The number of nitrogens with zero attached hydrogens (tertiary/aromatic N) is 2. The highest BCUT2D eigenvalue weighted by Crippen LogP contribution is 2.17. The van der Waals surface area contributed by atoms with E-state index in [-0.39, 0.29) is 30.3 Å². The zero-order valence-corrected chi connectivity index (χ0v) is 18.5. The van der Waals surface area contributed by atoms with E-state index in [1.165, 1.54) is 0 Å². The SMILES string of the molecule is CC(C)OC(=O)NC(Cc1ccc(NC(=O)c2cccc(Nc3n[nH]c(N)n3)c2)cc1)C(=O)O. The van der Waals surface area contributed by atoms with Crippen LogP contribution >= 0.6 is 0 Å². The van der Waals surface area contributed by atoms with Gasteiger partial charge in [0.2, 0.25) is 11.9 Å². The molecule has 0 bridgehead atoms. The second-order valence-electron chi connectivity index (χ2n) is 7.59. The molecule has 0 aliphatic heterocycles. The standard InChI is InChI=1S/C22H25N7O5/c1-12(2)34-22(33)26-17(19(31)32)10-13-6-8-15(9-7-13)24-18(30)14-4-3-5-16(11-14)25-21-27-20(23)28-29-21/h3-9,11-12,17H,10H2,1-2H3,(H,24,30)(H,26,33)(H,31,32)(H4,23,25,27,28,29). The minimum absolute atomic E-state index is 0.0518. The first-order chi connectivity index (χ1) is 16.2. The lowest BCUT2D eigenvalue weighted by Gasteiger charge is -2.16. The smallest absolute Gasteiger partial charge is 0.408 e. The Hall–Kier alpha value is -4.61. The normalized spacial score (nSPS) is 11.5. The molecule has 2 amide bonds. The van der Waals surface area contributed by atoms with E-state index >= 15 is 0 Å². The molecule has 1 unspecified atom stereocenters. The van der Waals surface area contributed by atoms with Crippen LogP contribution in [0.25, 0.3) is 0 Å². The van der Waals surface area contributed by atoms with Gasteiger partial charge >= 0.3 is 12.1 Å². The number of rotatable bonds is 9. The van der Waals surface area contributed by atoms with Crippen molar-refractivity contribution in [3.8, 4) is 0 Å². The van der Waals surface area contributed by atoms with Crippen LogP contribution in [0, 0.1) is 0 Å². The van der Waals surface area contributed by atoms with Crippen molar-refractivity contribution in [3.05, 3.63) is 59.7 Å². The van der Waals surface area contributed by atoms with Gasteiger partial charge in [0.15, 0.2) is 0 Å². The molecule has 0 aliphatic rings. The van der Waals surface area contributed by atoms with Crippen molar-refractivity contribution in [1.29, 1.82) is 0 Å². The minimum Gasteiger partial charge on any atom is -0.480 e. The van der Waals surface area contributed by atoms with Crippen molar-refractivity contribution in [2.24, 2.45) is 0 Å². The number of carbonyl (C=O) groups is 3. The molecule has 0 aliphatic carbocycles. The fourth-order valence-corrected chi connectivity index (χ4v) is 2.95. The van der Waals surface area contributed by atoms with Gasteiger partial charge in [-0.05, 0) is 49.7 Å². The summed E-state index contributed by atoms with van der Waals surface area (Å²) in [5, 5.41) is 23.8. The second kappa shape index (κ2) is 10.8. The molecule has 0 spiro atoms. The highest BCUT2D eigenvalue weighted by atomic mass is 16.6. The summed E-state index contributed by atoms with van der Waals surface area (Å²) >= 11 is 0. The second-order valence-corrected chi connectivity index (χ2v) is 7.59. The molecule has 0 saturated carbocycles. The lowest BCUT2D eigenvalue weighted by molar-refractivity contribution is -0.139. The van der Waals surface area contributed by atoms with E-state index in [9.17, 15) is 19.5 Å². The number of alkyl carbamates (subject to hydrolysis) is 1. The number of amides is 2. The highest BCUT2D eigenvalue weighted by Gasteiger charge is 2.21. The first kappa shape index (κ1) is 24.0. The van der Waals surface area contributed by atoms with Crippen molar-refractivity contribution in [3.63, 3.8) is 0 Å². The molecular formula is C22H25N7O5. The topological polar surface area (TPSA) is 184 Å². The molecule has 3 aromatic rings. The number of nitrogens with one attached hydrogen (secondary N) is 4. The molecule has 34 heavy (non-hydrogen) atoms. The maximum atomic E-state index is 12.6. The van der Waals surface area contributed by atoms with Gasteiger partial charge in [-0.2, -0.15) is 4.98 Å². The molecule has 0 saturated heterocycles. The summed E-state index contributed by atoms with van der Waals surface area (Å²) in [7, 11) is 0. The van der Waals surface area contributed by atoms with Gasteiger partial charge in [-0.25, -0.2) is 14.7 Å². The molecular weight excluding hydrogens is 442 g/mol. The molecule has 7 N–H and O–H groups in total. The number of hydrogen-bond donors (Lipinski definition) is 6. The Labute approximate surface area is 194 Å². The zero-order valence-electron chi connectivity index (χ0n) is 18.5. The van der Waals surface area contributed by atoms with Crippen molar-refractivity contribution >= 4 is 41.2 Å². The van der Waals surface area contributed by atoms with Gasteiger partial charge in [-0.3, -0.25) is 4.79 Å². The number of anilines is 4. The predicted molar refractivity (Wildman–Crippen MR) is 125 cm³/mol. The fraction of sp³-hybridized carbons (Fsp3) is 0.227. The van der Waals surface area contributed by atoms with Gasteiger partial charge in [0.05, 0.1) is 6.10 Å². The van der Waals surface area contributed by atoms with Crippen LogP contribution in [0.15, 0.2) is 48.5 Å². The lowest BCUT2D eigenvalue weighted by Crippen LogP contribution is -2.43. The van der Waals surface area contributed by atoms with Gasteiger partial charge in [0.25, 0.3) is 5.91 Å². The molecule has 1 aromatic heterocycles. The van der Waals surface area contributed by atoms with E-state index in [1.807, 2.05) is 0 Å². The number of aliphatic carboxylic acids is 1. The molecule has 2 aromatic carbocycles. The van der Waals surface area contributed by atoms with Crippen LogP contribution in [0.4, 0.5) is 28.1 Å². The van der Waals surface area contributed by atoms with E-state index < -0.39 is 18.1 Å². The molecule has 12 nitrogen and oxygen atoms in total. The minimum atomic E-state index is -1.18. The zero-order chi connectivity index (χ0) is 24.7. The van der Waals surface area contributed by atoms with Gasteiger partial charge in [0.1, 0.15) is 6.04 Å². The Bertz CT molecular complexity index is 1160. The third-order valence-electron chi connectivity index (χ3n) is 4.47. The first-order valence-corrected chi connectivity index (χ1v) is 10.3. The van der Waals surface area contributed by atoms with Crippen LogP contribution in [0.2, 0.25) is 0 Å². The maximum Gasteiger partial charge on any atom is 0.408 e. The molecule has 1 atom stereocenters. The van der Waals surface area contributed by atoms with Crippen LogP contribution in [-0.2, 0) is 16.0 Å². The van der Waals surface area contributed by atoms with Crippen molar-refractivity contribution in [2.45, 2.75) is 32.4 Å². The number of carbonyl (C=O) groups excluding carboxylic acids is 2. The van der Waals surface area contributed by atoms with Gasteiger partial charge < -0.3 is 31.5 Å². The number of aromatic nitrogens is 3. The Balaban J connectivity index is 1.60. The van der Waals surface area contributed by atoms with E-state index in [2.05, 4.69) is 31.1 Å². The number of carboxylic acid groups (broad SMARTS) is 1. The number of aromatic amines is 1. The van der Waals surface area contributed by atoms with Crippen LogP contribution in [0.3, 0.4) is 0 Å². The number of nitrogen functional groups attached to an aromatic ring is 1. The Morgan fingerprint density at radius 1 is 1.12 bits per heavy atom. The fourth-order valence-electron chi connectivity index (χ4n) is 2.95. The summed E-state index contributed by atoms with van der Waals surface area (Å²) in [6, 6.07) is 12.2. The van der Waals surface area contributed by atoms with Crippen LogP contribution in [0.1, 0.15) is 29.8 Å². The monoisotopic (exact) mass is 467 g/mol. The van der Waals surface area contributed by atoms with Gasteiger partial charge in [0, 0.05) is 23.4 Å². The van der Waals surface area contributed by atoms with E-state index in [0.717, 1.165) is 0 Å². The van der Waals surface area contributed by atoms with Crippen molar-refractivity contribution < 1.29 is 24.2 Å². The summed E-state index contributed by atoms with van der Waals surface area (Å²) < 4.78 is 4.94. The Kier molecular flexibility index (Phi) is 7.64. The number of ether oxygens (including phenoxy) is 1. The first-order valence-electron chi connectivity index (χ1n) is 10.3. The summed E-state index contributed by atoms with van der Waals surface area (Å²) in [4.78, 5) is 39.8. The molecule has 12 heteroatoms. The quantitative estimate of drug-likeness (QED) is 0.275. The highest BCUT2D eigenvalue weighted by molar-refractivity contribution is 6.04. The largest absolute Gasteiger partial charge is 0.480 e. The summed E-state index contributed by atoms with van der Waals surface area (Å²) in [5.41, 5.74) is 7.68. The lowest BCUT2D eigenvalue weighted by atomic mass is 10.1. The molecule has 3 rings (SSSR count). The van der Waals surface area contributed by atoms with Crippen molar-refractivity contribution in [1.82, 2.24) is 20.5 Å². The average Bonchev–Trinajstić information content (AvgIpc) is 3.18. The predicted octanol–water partition coefficient (Wildman–Crippen LogP) is 2.51. The van der Waals surface area contributed by atoms with Crippen molar-refractivity contribution in [2.75, 3.05) is 16.4 Å². The number of benzene rings is 2. The summed E-state index contributed by atoms with van der Waals surface area (Å²) in [5.74, 6) is -1.08. The molecule has 178 valence electrons. The number of H-pyrrole nitrogens is 1. The van der Waals surface area contributed by atoms with Crippen LogP contribution in [0.5, 0.6) is 0 Å². The average molecular weight is 467 g/mol. The number of carboxylic acids is 1. The van der Waals surface area contributed by atoms with E-state index in [0.29, 0.717) is 22.5 Å². The number of nitrogens with two attached hydrogens (primary N) is 1. The van der Waals surface area contributed by atoms with Gasteiger partial charge in [-0.15, -0.1) is 5.10 Å². The maximum absolute atomic E-state index is 12.6. The van der Waals surface area contributed by atoms with Crippen LogP contribution < -0.4 is 21.7 Å². The number of hydrogen-bond acceptors (Lipinski definition) is 8. The van der Waals surface area contributed by atoms with Crippen LogP contribution in [-0.4, -0.2) is 50.4 Å². The third-order valence-corrected chi connectivity index (χ3v) is 4.47. The Morgan fingerprint density at radius 2 is 1.85 bits per heavy atom. The van der Waals surface area contributed by atoms with E-state index in [1.54, 1.807) is 62.4 Å². The third kappa shape index (κ3) is 6.95. The Morgan fingerprint density at radius 3 is 2.47 bits per heavy atom. The molecule has 1 heterocycles. The molecule has 0 fully saturated rings. The summed E-state index contributed by atoms with van der Waals surface area (Å²) in [6.45, 7) is 3.34. The van der Waals surface area contributed by atoms with Gasteiger partial charge in [-0.1, -0.05) is 18.2 Å². The molecule has 0 radical (unpaired) electrons. The summed E-state index contributed by atoms with van der Waals surface area (Å²) in [6.07, 6.45) is -1.11. The van der Waals surface area contributed by atoms with E-state index in [4.69, 9.17) is 10.5 Å².